The molecule has 0 spiro atoms. The van der Waals surface area contributed by atoms with Crippen molar-refractivity contribution in [1.29, 1.82) is 0 Å². The SMILES string of the molecule is CCC(C)CC(C)NC(=O)C(C)(C)C(=O)O. The van der Waals surface area contributed by atoms with Crippen molar-refractivity contribution in [3.05, 3.63) is 0 Å². The van der Waals surface area contributed by atoms with Crippen LogP contribution in [0.1, 0.15) is 47.5 Å². The van der Waals surface area contributed by atoms with Crippen molar-refractivity contribution in [1.82, 2.24) is 5.32 Å². The molecule has 0 aliphatic carbocycles. The van der Waals surface area contributed by atoms with Gasteiger partial charge in [0.2, 0.25) is 5.91 Å². The van der Waals surface area contributed by atoms with Gasteiger partial charge in [-0.3, -0.25) is 9.59 Å². The predicted octanol–water partition coefficient (Wildman–Crippen LogP) is 2.04. The van der Waals surface area contributed by atoms with Crippen LogP contribution in [-0.4, -0.2) is 23.0 Å². The van der Waals surface area contributed by atoms with Gasteiger partial charge >= 0.3 is 5.97 Å². The minimum Gasteiger partial charge on any atom is -0.480 e. The van der Waals surface area contributed by atoms with Crippen LogP contribution in [0, 0.1) is 11.3 Å². The summed E-state index contributed by atoms with van der Waals surface area (Å²) in [5.74, 6) is -0.986. The van der Waals surface area contributed by atoms with Crippen LogP contribution in [0.3, 0.4) is 0 Å². The topological polar surface area (TPSA) is 66.4 Å². The first-order valence-electron chi connectivity index (χ1n) is 5.76. The molecule has 0 rings (SSSR count). The van der Waals surface area contributed by atoms with E-state index in [2.05, 4.69) is 19.2 Å². The lowest BCUT2D eigenvalue weighted by Gasteiger charge is -2.23. The highest BCUT2D eigenvalue weighted by Crippen LogP contribution is 2.17. The molecule has 0 aromatic heterocycles. The second-order valence-corrected chi connectivity index (χ2v) is 5.05. The van der Waals surface area contributed by atoms with Gasteiger partial charge in [0.15, 0.2) is 0 Å². The van der Waals surface area contributed by atoms with Gasteiger partial charge in [0.1, 0.15) is 5.41 Å². The van der Waals surface area contributed by atoms with E-state index in [1.54, 1.807) is 0 Å². The van der Waals surface area contributed by atoms with Crippen LogP contribution in [0.4, 0.5) is 0 Å². The molecular formula is C12H23NO3. The Kier molecular flexibility index (Phi) is 5.48. The van der Waals surface area contributed by atoms with Gasteiger partial charge in [-0.2, -0.15) is 0 Å². The summed E-state index contributed by atoms with van der Waals surface area (Å²) in [6, 6.07) is 0.0149. The Hall–Kier alpha value is -1.06. The molecule has 0 aromatic carbocycles. The van der Waals surface area contributed by atoms with Crippen LogP contribution >= 0.6 is 0 Å². The van der Waals surface area contributed by atoms with Crippen LogP contribution < -0.4 is 5.32 Å². The molecule has 0 aliphatic heterocycles. The molecule has 0 saturated heterocycles. The van der Waals surface area contributed by atoms with Crippen LogP contribution in [0.25, 0.3) is 0 Å². The average Bonchev–Trinajstić information content (AvgIpc) is 2.16. The van der Waals surface area contributed by atoms with E-state index in [0.717, 1.165) is 12.8 Å². The van der Waals surface area contributed by atoms with Crippen molar-refractivity contribution in [2.24, 2.45) is 11.3 Å². The zero-order valence-electron chi connectivity index (χ0n) is 10.8. The van der Waals surface area contributed by atoms with Gasteiger partial charge < -0.3 is 10.4 Å². The number of carboxylic acids is 1. The lowest BCUT2D eigenvalue weighted by atomic mass is 9.91. The minimum absolute atomic E-state index is 0.0149. The Balaban J connectivity index is 4.30. The highest BCUT2D eigenvalue weighted by molar-refractivity contribution is 6.01. The molecule has 4 nitrogen and oxygen atoms in total. The zero-order chi connectivity index (χ0) is 12.9. The first-order chi connectivity index (χ1) is 7.21. The maximum atomic E-state index is 11.7. The molecule has 2 atom stereocenters. The van der Waals surface area contributed by atoms with Crippen LogP contribution in [0.5, 0.6) is 0 Å². The van der Waals surface area contributed by atoms with Crippen LogP contribution in [-0.2, 0) is 9.59 Å². The van der Waals surface area contributed by atoms with Crippen LogP contribution in [0.15, 0.2) is 0 Å². The average molecular weight is 229 g/mol. The first kappa shape index (κ1) is 14.9. The molecule has 4 heteroatoms. The lowest BCUT2D eigenvalue weighted by Crippen LogP contribution is -2.46. The van der Waals surface area contributed by atoms with Gasteiger partial charge in [-0.05, 0) is 33.1 Å². The largest absolute Gasteiger partial charge is 0.480 e. The summed E-state index contributed by atoms with van der Waals surface area (Å²) in [4.78, 5) is 22.6. The van der Waals surface area contributed by atoms with Crippen molar-refractivity contribution in [2.75, 3.05) is 0 Å². The summed E-state index contributed by atoms with van der Waals surface area (Å²) in [5, 5.41) is 11.6. The third-order valence-electron chi connectivity index (χ3n) is 2.93. The van der Waals surface area contributed by atoms with Gasteiger partial charge in [0.05, 0.1) is 0 Å². The van der Waals surface area contributed by atoms with E-state index in [0.29, 0.717) is 5.92 Å². The third-order valence-corrected chi connectivity index (χ3v) is 2.93. The van der Waals surface area contributed by atoms with E-state index in [4.69, 9.17) is 5.11 Å². The highest BCUT2D eigenvalue weighted by Gasteiger charge is 2.36. The monoisotopic (exact) mass is 229 g/mol. The minimum atomic E-state index is -1.36. The van der Waals surface area contributed by atoms with Gasteiger partial charge in [0, 0.05) is 6.04 Å². The van der Waals surface area contributed by atoms with Gasteiger partial charge in [-0.15, -0.1) is 0 Å². The molecule has 0 aliphatic rings. The molecule has 2 unspecified atom stereocenters. The molecule has 1 amide bonds. The Bertz CT molecular complexity index is 261. The van der Waals surface area contributed by atoms with Crippen molar-refractivity contribution in [3.8, 4) is 0 Å². The van der Waals surface area contributed by atoms with E-state index < -0.39 is 17.3 Å². The highest BCUT2D eigenvalue weighted by atomic mass is 16.4. The van der Waals surface area contributed by atoms with Crippen molar-refractivity contribution in [3.63, 3.8) is 0 Å². The summed E-state index contributed by atoms with van der Waals surface area (Å²) < 4.78 is 0. The number of aliphatic carboxylic acids is 1. The van der Waals surface area contributed by atoms with Gasteiger partial charge in [-0.1, -0.05) is 20.3 Å². The molecule has 0 fully saturated rings. The maximum Gasteiger partial charge on any atom is 0.318 e. The Labute approximate surface area is 97.4 Å². The summed E-state index contributed by atoms with van der Waals surface area (Å²) in [5.41, 5.74) is -1.36. The number of carboxylic acid groups (broad SMARTS) is 1. The summed E-state index contributed by atoms with van der Waals surface area (Å²) in [6.07, 6.45) is 1.93. The standard InChI is InChI=1S/C12H23NO3/c1-6-8(2)7-9(3)13-10(14)12(4,5)11(15)16/h8-9H,6-7H2,1-5H3,(H,13,14)(H,15,16). The number of rotatable bonds is 6. The molecular weight excluding hydrogens is 206 g/mol. The Morgan fingerprint density at radius 3 is 2.19 bits per heavy atom. The molecule has 0 saturated carbocycles. The van der Waals surface area contributed by atoms with E-state index >= 15 is 0 Å². The summed E-state index contributed by atoms with van der Waals surface area (Å²) in [6.45, 7) is 8.95. The Morgan fingerprint density at radius 1 is 1.31 bits per heavy atom. The van der Waals surface area contributed by atoms with Gasteiger partial charge in [0.25, 0.3) is 0 Å². The molecule has 2 N–H and O–H groups in total. The molecule has 0 heterocycles. The first-order valence-corrected chi connectivity index (χ1v) is 5.76. The number of hydrogen-bond donors (Lipinski definition) is 2. The van der Waals surface area contributed by atoms with E-state index in [9.17, 15) is 9.59 Å². The second kappa shape index (κ2) is 5.87. The number of amides is 1. The summed E-state index contributed by atoms with van der Waals surface area (Å²) >= 11 is 0. The fourth-order valence-electron chi connectivity index (χ4n) is 1.33. The predicted molar refractivity (Wildman–Crippen MR) is 63.1 cm³/mol. The molecule has 16 heavy (non-hydrogen) atoms. The fraction of sp³-hybridized carbons (Fsp3) is 0.833. The lowest BCUT2D eigenvalue weighted by molar-refractivity contribution is -0.153. The van der Waals surface area contributed by atoms with Crippen molar-refractivity contribution in [2.45, 2.75) is 53.5 Å². The van der Waals surface area contributed by atoms with Crippen molar-refractivity contribution >= 4 is 11.9 Å². The Morgan fingerprint density at radius 2 is 1.81 bits per heavy atom. The van der Waals surface area contributed by atoms with Crippen molar-refractivity contribution < 1.29 is 14.7 Å². The molecule has 94 valence electrons. The van der Waals surface area contributed by atoms with Gasteiger partial charge in [-0.25, -0.2) is 0 Å². The molecule has 0 bridgehead atoms. The number of carbonyl (C=O) groups is 2. The van der Waals surface area contributed by atoms with E-state index in [1.807, 2.05) is 6.92 Å². The molecule has 0 radical (unpaired) electrons. The number of hydrogen-bond acceptors (Lipinski definition) is 2. The van der Waals surface area contributed by atoms with E-state index in [1.165, 1.54) is 13.8 Å². The third kappa shape index (κ3) is 4.21. The number of carbonyl (C=O) groups excluding carboxylic acids is 1. The van der Waals surface area contributed by atoms with Crippen LogP contribution in [0.2, 0.25) is 0 Å². The quantitative estimate of drug-likeness (QED) is 0.685. The summed E-state index contributed by atoms with van der Waals surface area (Å²) in [7, 11) is 0. The van der Waals surface area contributed by atoms with E-state index in [-0.39, 0.29) is 6.04 Å². The fourth-order valence-corrected chi connectivity index (χ4v) is 1.33. The molecule has 0 aromatic rings. The zero-order valence-corrected chi connectivity index (χ0v) is 10.8. The second-order valence-electron chi connectivity index (χ2n) is 5.05. The number of nitrogens with one attached hydrogen (secondary N) is 1. The smallest absolute Gasteiger partial charge is 0.318 e. The maximum absolute atomic E-state index is 11.7. The normalized spacial score (nSPS) is 15.3.